The van der Waals surface area contributed by atoms with Gasteiger partial charge in [0.25, 0.3) is 0 Å². The SMILES string of the molecule is CCOc1ccc(Oc2cc(CNc3ccnc(C4CC4)n3)ccn2)cc1. The molecule has 6 heteroatoms. The van der Waals surface area contributed by atoms with Crippen molar-refractivity contribution >= 4 is 5.82 Å². The van der Waals surface area contributed by atoms with Crippen LogP contribution in [0.5, 0.6) is 17.4 Å². The molecule has 4 rings (SSSR count). The molecule has 138 valence electrons. The number of nitrogens with zero attached hydrogens (tertiary/aromatic N) is 3. The van der Waals surface area contributed by atoms with E-state index in [4.69, 9.17) is 9.47 Å². The third-order valence-corrected chi connectivity index (χ3v) is 4.25. The fraction of sp³-hybridized carbons (Fsp3) is 0.286. The minimum atomic E-state index is 0.543. The number of aromatic nitrogens is 3. The molecule has 1 fully saturated rings. The second-order valence-corrected chi connectivity index (χ2v) is 6.44. The van der Waals surface area contributed by atoms with Gasteiger partial charge in [0.15, 0.2) is 0 Å². The molecule has 0 radical (unpaired) electrons. The molecular formula is C21H22N4O2. The zero-order valence-corrected chi connectivity index (χ0v) is 15.3. The Labute approximate surface area is 158 Å². The number of anilines is 1. The van der Waals surface area contributed by atoms with Gasteiger partial charge in [0.05, 0.1) is 6.61 Å². The lowest BCUT2D eigenvalue weighted by molar-refractivity contribution is 0.339. The molecule has 0 amide bonds. The summed E-state index contributed by atoms with van der Waals surface area (Å²) in [6.07, 6.45) is 5.95. The lowest BCUT2D eigenvalue weighted by Gasteiger charge is -2.09. The number of rotatable bonds is 8. The van der Waals surface area contributed by atoms with Gasteiger partial charge in [-0.1, -0.05) is 0 Å². The highest BCUT2D eigenvalue weighted by molar-refractivity contribution is 5.37. The molecule has 1 N–H and O–H groups in total. The normalized spacial score (nSPS) is 13.2. The fourth-order valence-corrected chi connectivity index (χ4v) is 2.71. The summed E-state index contributed by atoms with van der Waals surface area (Å²) < 4.78 is 11.3. The summed E-state index contributed by atoms with van der Waals surface area (Å²) in [5.74, 6) is 4.43. The van der Waals surface area contributed by atoms with Crippen molar-refractivity contribution in [2.24, 2.45) is 0 Å². The van der Waals surface area contributed by atoms with Crippen LogP contribution in [0.2, 0.25) is 0 Å². The Morgan fingerprint density at radius 3 is 2.56 bits per heavy atom. The highest BCUT2D eigenvalue weighted by Gasteiger charge is 2.26. The largest absolute Gasteiger partial charge is 0.494 e. The lowest BCUT2D eigenvalue weighted by Crippen LogP contribution is -2.04. The van der Waals surface area contributed by atoms with E-state index in [1.807, 2.05) is 55.6 Å². The second kappa shape index (κ2) is 8.03. The van der Waals surface area contributed by atoms with Crippen molar-refractivity contribution in [2.45, 2.75) is 32.2 Å². The summed E-state index contributed by atoms with van der Waals surface area (Å²) in [5, 5.41) is 3.35. The van der Waals surface area contributed by atoms with Crippen molar-refractivity contribution in [3.63, 3.8) is 0 Å². The van der Waals surface area contributed by atoms with Gasteiger partial charge in [0, 0.05) is 30.9 Å². The van der Waals surface area contributed by atoms with Crippen LogP contribution < -0.4 is 14.8 Å². The zero-order chi connectivity index (χ0) is 18.5. The molecule has 1 saturated carbocycles. The minimum Gasteiger partial charge on any atom is -0.494 e. The van der Waals surface area contributed by atoms with E-state index in [-0.39, 0.29) is 0 Å². The highest BCUT2D eigenvalue weighted by atomic mass is 16.5. The molecule has 1 aromatic carbocycles. The molecule has 0 saturated heterocycles. The van der Waals surface area contributed by atoms with Crippen LogP contribution >= 0.6 is 0 Å². The molecule has 0 unspecified atom stereocenters. The van der Waals surface area contributed by atoms with E-state index in [1.54, 1.807) is 6.20 Å². The zero-order valence-electron chi connectivity index (χ0n) is 15.3. The molecule has 3 aromatic rings. The number of ether oxygens (including phenoxy) is 2. The van der Waals surface area contributed by atoms with E-state index in [0.29, 0.717) is 24.9 Å². The Morgan fingerprint density at radius 1 is 1.00 bits per heavy atom. The maximum absolute atomic E-state index is 5.84. The van der Waals surface area contributed by atoms with Crippen LogP contribution in [0, 0.1) is 0 Å². The van der Waals surface area contributed by atoms with Crippen LogP contribution in [0.15, 0.2) is 54.9 Å². The van der Waals surface area contributed by atoms with Crippen LogP contribution in [0.1, 0.15) is 37.1 Å². The smallest absolute Gasteiger partial charge is 0.219 e. The van der Waals surface area contributed by atoms with Crippen molar-refractivity contribution in [3.05, 3.63) is 66.2 Å². The Bertz CT molecular complexity index is 895. The molecule has 0 spiro atoms. The summed E-state index contributed by atoms with van der Waals surface area (Å²) in [4.78, 5) is 13.2. The summed E-state index contributed by atoms with van der Waals surface area (Å²) in [5.41, 5.74) is 1.07. The number of benzene rings is 1. The average Bonchev–Trinajstić information content (AvgIpc) is 3.54. The molecule has 27 heavy (non-hydrogen) atoms. The Balaban J connectivity index is 1.37. The summed E-state index contributed by atoms with van der Waals surface area (Å²) >= 11 is 0. The van der Waals surface area contributed by atoms with Gasteiger partial charge in [0.2, 0.25) is 5.88 Å². The molecule has 0 aliphatic heterocycles. The van der Waals surface area contributed by atoms with Gasteiger partial charge < -0.3 is 14.8 Å². The van der Waals surface area contributed by atoms with E-state index in [0.717, 1.165) is 28.7 Å². The summed E-state index contributed by atoms with van der Waals surface area (Å²) in [6, 6.07) is 13.3. The van der Waals surface area contributed by atoms with Gasteiger partial charge in [-0.25, -0.2) is 15.0 Å². The van der Waals surface area contributed by atoms with Crippen LogP contribution in [0.25, 0.3) is 0 Å². The second-order valence-electron chi connectivity index (χ2n) is 6.44. The molecule has 0 atom stereocenters. The predicted molar refractivity (Wildman–Crippen MR) is 103 cm³/mol. The summed E-state index contributed by atoms with van der Waals surface area (Å²) in [7, 11) is 0. The number of hydrogen-bond donors (Lipinski definition) is 1. The molecule has 2 heterocycles. The number of nitrogens with one attached hydrogen (secondary N) is 1. The van der Waals surface area contributed by atoms with Crippen molar-refractivity contribution in [2.75, 3.05) is 11.9 Å². The van der Waals surface area contributed by atoms with Crippen molar-refractivity contribution in [1.29, 1.82) is 0 Å². The van der Waals surface area contributed by atoms with E-state index in [9.17, 15) is 0 Å². The first-order chi connectivity index (χ1) is 13.3. The molecule has 6 nitrogen and oxygen atoms in total. The predicted octanol–water partition coefficient (Wildman–Crippen LogP) is 4.55. The van der Waals surface area contributed by atoms with E-state index >= 15 is 0 Å². The molecule has 0 bridgehead atoms. The van der Waals surface area contributed by atoms with Gasteiger partial charge in [-0.15, -0.1) is 0 Å². The number of pyridine rings is 1. The van der Waals surface area contributed by atoms with Gasteiger partial charge >= 0.3 is 0 Å². The Kier molecular flexibility index (Phi) is 5.14. The van der Waals surface area contributed by atoms with Crippen LogP contribution in [-0.4, -0.2) is 21.6 Å². The monoisotopic (exact) mass is 362 g/mol. The van der Waals surface area contributed by atoms with Crippen LogP contribution in [0.3, 0.4) is 0 Å². The number of hydrogen-bond acceptors (Lipinski definition) is 6. The standard InChI is InChI=1S/C21H22N4O2/c1-2-26-17-5-7-18(8-6-17)27-20-13-15(9-11-22-20)14-24-19-10-12-23-21(25-19)16-3-4-16/h5-13,16H,2-4,14H2,1H3,(H,23,24,25). The van der Waals surface area contributed by atoms with E-state index < -0.39 is 0 Å². The van der Waals surface area contributed by atoms with Crippen LogP contribution in [0.4, 0.5) is 5.82 Å². The maximum atomic E-state index is 5.84. The minimum absolute atomic E-state index is 0.543. The van der Waals surface area contributed by atoms with E-state index in [1.165, 1.54) is 12.8 Å². The molecule has 1 aliphatic rings. The lowest BCUT2D eigenvalue weighted by atomic mass is 10.2. The van der Waals surface area contributed by atoms with Crippen molar-refractivity contribution < 1.29 is 9.47 Å². The maximum Gasteiger partial charge on any atom is 0.219 e. The van der Waals surface area contributed by atoms with Gasteiger partial charge in [-0.3, -0.25) is 0 Å². The molecule has 1 aliphatic carbocycles. The fourth-order valence-electron chi connectivity index (χ4n) is 2.71. The van der Waals surface area contributed by atoms with Crippen molar-refractivity contribution in [1.82, 2.24) is 15.0 Å². The van der Waals surface area contributed by atoms with Crippen molar-refractivity contribution in [3.8, 4) is 17.4 Å². The Hall–Kier alpha value is -3.15. The molecular weight excluding hydrogens is 340 g/mol. The van der Waals surface area contributed by atoms with Gasteiger partial charge in [0.1, 0.15) is 23.1 Å². The molecule has 2 aromatic heterocycles. The summed E-state index contributed by atoms with van der Waals surface area (Å²) in [6.45, 7) is 3.25. The first-order valence-electron chi connectivity index (χ1n) is 9.22. The Morgan fingerprint density at radius 2 is 1.78 bits per heavy atom. The van der Waals surface area contributed by atoms with E-state index in [2.05, 4.69) is 20.3 Å². The highest BCUT2D eigenvalue weighted by Crippen LogP contribution is 2.38. The van der Waals surface area contributed by atoms with Gasteiger partial charge in [-0.05, 0) is 61.7 Å². The first kappa shape index (κ1) is 17.3. The first-order valence-corrected chi connectivity index (χ1v) is 9.22. The van der Waals surface area contributed by atoms with Gasteiger partial charge in [-0.2, -0.15) is 0 Å². The third kappa shape index (κ3) is 4.73. The third-order valence-electron chi connectivity index (χ3n) is 4.25. The van der Waals surface area contributed by atoms with Crippen LogP contribution in [-0.2, 0) is 6.54 Å². The average molecular weight is 362 g/mol. The topological polar surface area (TPSA) is 69.2 Å². The quantitative estimate of drug-likeness (QED) is 0.634.